The second kappa shape index (κ2) is 9.96. The summed E-state index contributed by atoms with van der Waals surface area (Å²) in [6.45, 7) is 7.50. The molecule has 3 N–H and O–H groups in total. The molecule has 1 aliphatic rings. The number of morpholine rings is 1. The van der Waals surface area contributed by atoms with E-state index < -0.39 is 0 Å². The van der Waals surface area contributed by atoms with E-state index in [1.807, 2.05) is 12.1 Å². The molecule has 3 rings (SSSR count). The van der Waals surface area contributed by atoms with Crippen LogP contribution in [0, 0.1) is 0 Å². The molecule has 7 heteroatoms. The molecule has 1 aliphatic heterocycles. The molecule has 6 nitrogen and oxygen atoms in total. The zero-order valence-electron chi connectivity index (χ0n) is 17.2. The van der Waals surface area contributed by atoms with Crippen LogP contribution in [0.1, 0.15) is 25.0 Å². The smallest absolute Gasteiger partial charge is 0.193 e. The van der Waals surface area contributed by atoms with Crippen LogP contribution in [0.4, 0.5) is 5.69 Å². The Hall–Kier alpha value is -2.28. The normalized spacial score (nSPS) is 20.5. The summed E-state index contributed by atoms with van der Waals surface area (Å²) < 4.78 is 11.0. The fourth-order valence-corrected chi connectivity index (χ4v) is 3.88. The lowest BCUT2D eigenvalue weighted by Gasteiger charge is -2.35. The van der Waals surface area contributed by atoms with Crippen LogP contribution in [-0.2, 0) is 17.8 Å². The van der Waals surface area contributed by atoms with E-state index in [1.165, 1.54) is 5.56 Å². The number of rotatable bonds is 6. The van der Waals surface area contributed by atoms with Gasteiger partial charge in [0.25, 0.3) is 0 Å². The van der Waals surface area contributed by atoms with Crippen molar-refractivity contribution >= 4 is 23.2 Å². The first kappa shape index (κ1) is 21.4. The summed E-state index contributed by atoms with van der Waals surface area (Å²) in [5.41, 5.74) is 9.27. The summed E-state index contributed by atoms with van der Waals surface area (Å²) in [4.78, 5) is 6.94. The van der Waals surface area contributed by atoms with Gasteiger partial charge >= 0.3 is 0 Å². The van der Waals surface area contributed by atoms with Gasteiger partial charge in [-0.05, 0) is 43.2 Å². The molecule has 0 aliphatic carbocycles. The number of benzene rings is 2. The van der Waals surface area contributed by atoms with Crippen molar-refractivity contribution in [2.24, 2.45) is 10.7 Å². The number of ether oxygens (including phenoxy) is 2. The van der Waals surface area contributed by atoms with Gasteiger partial charge in [0.05, 0.1) is 30.9 Å². The van der Waals surface area contributed by atoms with E-state index in [0.29, 0.717) is 23.3 Å². The predicted molar refractivity (Wildman–Crippen MR) is 119 cm³/mol. The first-order valence-electron chi connectivity index (χ1n) is 9.79. The van der Waals surface area contributed by atoms with Gasteiger partial charge in [0, 0.05) is 25.3 Å². The van der Waals surface area contributed by atoms with Crippen LogP contribution in [0.3, 0.4) is 0 Å². The third-order valence-electron chi connectivity index (χ3n) is 4.85. The van der Waals surface area contributed by atoms with Crippen molar-refractivity contribution in [2.45, 2.75) is 39.1 Å². The van der Waals surface area contributed by atoms with Crippen molar-refractivity contribution in [1.82, 2.24) is 4.90 Å². The van der Waals surface area contributed by atoms with Crippen LogP contribution in [-0.4, -0.2) is 43.3 Å². The minimum absolute atomic E-state index is 0.250. The lowest BCUT2D eigenvalue weighted by atomic mass is 10.1. The molecule has 0 aromatic heterocycles. The maximum absolute atomic E-state index is 6.16. The van der Waals surface area contributed by atoms with E-state index in [9.17, 15) is 0 Å². The highest BCUT2D eigenvalue weighted by atomic mass is 35.5. The Labute approximate surface area is 177 Å². The van der Waals surface area contributed by atoms with E-state index in [4.69, 9.17) is 26.8 Å². The molecule has 0 spiro atoms. The largest absolute Gasteiger partial charge is 0.495 e. The lowest BCUT2D eigenvalue weighted by molar-refractivity contribution is -0.0705. The van der Waals surface area contributed by atoms with Crippen molar-refractivity contribution in [3.8, 4) is 5.75 Å². The van der Waals surface area contributed by atoms with Crippen molar-refractivity contribution in [3.63, 3.8) is 0 Å². The third kappa shape index (κ3) is 6.10. The molecule has 0 amide bonds. The second-order valence-corrected chi connectivity index (χ2v) is 7.80. The maximum Gasteiger partial charge on any atom is 0.193 e. The van der Waals surface area contributed by atoms with Crippen molar-refractivity contribution in [2.75, 3.05) is 25.5 Å². The molecule has 156 valence electrons. The van der Waals surface area contributed by atoms with Crippen LogP contribution in [0.5, 0.6) is 5.75 Å². The molecule has 29 heavy (non-hydrogen) atoms. The molecule has 1 saturated heterocycles. The Bertz CT molecular complexity index is 848. The van der Waals surface area contributed by atoms with Crippen LogP contribution < -0.4 is 15.8 Å². The fourth-order valence-electron chi connectivity index (χ4n) is 3.62. The molecule has 2 aromatic carbocycles. The van der Waals surface area contributed by atoms with E-state index in [0.717, 1.165) is 30.9 Å². The quantitative estimate of drug-likeness (QED) is 0.552. The number of hydrogen-bond donors (Lipinski definition) is 2. The monoisotopic (exact) mass is 416 g/mol. The molecule has 0 radical (unpaired) electrons. The van der Waals surface area contributed by atoms with Gasteiger partial charge in [0.1, 0.15) is 5.75 Å². The number of nitrogens with zero attached hydrogens (tertiary/aromatic N) is 2. The van der Waals surface area contributed by atoms with Gasteiger partial charge in [-0.2, -0.15) is 0 Å². The molecule has 1 heterocycles. The van der Waals surface area contributed by atoms with Gasteiger partial charge in [-0.15, -0.1) is 0 Å². The van der Waals surface area contributed by atoms with E-state index in [-0.39, 0.29) is 12.2 Å². The summed E-state index contributed by atoms with van der Waals surface area (Å²) in [6.07, 6.45) is 0.500. The molecular formula is C22H29ClN4O2. The van der Waals surface area contributed by atoms with Crippen molar-refractivity contribution < 1.29 is 9.47 Å². The Morgan fingerprint density at radius 1 is 1.21 bits per heavy atom. The molecule has 0 bridgehead atoms. The number of methoxy groups -OCH3 is 1. The first-order valence-corrected chi connectivity index (χ1v) is 10.2. The molecule has 2 aromatic rings. The number of halogens is 1. The number of nitrogens with one attached hydrogen (secondary N) is 1. The summed E-state index contributed by atoms with van der Waals surface area (Å²) in [6, 6.07) is 13.8. The highest BCUT2D eigenvalue weighted by Gasteiger charge is 2.22. The van der Waals surface area contributed by atoms with Crippen molar-refractivity contribution in [3.05, 3.63) is 58.6 Å². The molecule has 2 unspecified atom stereocenters. The number of nitrogens with two attached hydrogens (primary N) is 1. The Kier molecular flexibility index (Phi) is 7.36. The average molecular weight is 417 g/mol. The summed E-state index contributed by atoms with van der Waals surface area (Å²) in [5, 5.41) is 3.60. The zero-order chi connectivity index (χ0) is 20.8. The highest BCUT2D eigenvalue weighted by Crippen LogP contribution is 2.27. The summed E-state index contributed by atoms with van der Waals surface area (Å²) >= 11 is 6.16. The van der Waals surface area contributed by atoms with E-state index in [2.05, 4.69) is 47.3 Å². The molecule has 0 saturated carbocycles. The van der Waals surface area contributed by atoms with Crippen LogP contribution in [0.15, 0.2) is 47.5 Å². The minimum atomic E-state index is 0.250. The van der Waals surface area contributed by atoms with Gasteiger partial charge < -0.3 is 20.5 Å². The van der Waals surface area contributed by atoms with Gasteiger partial charge in [0.15, 0.2) is 5.96 Å². The maximum atomic E-state index is 6.16. The topological polar surface area (TPSA) is 72.1 Å². The van der Waals surface area contributed by atoms with E-state index in [1.54, 1.807) is 19.2 Å². The predicted octanol–water partition coefficient (Wildman–Crippen LogP) is 3.88. The second-order valence-electron chi connectivity index (χ2n) is 7.40. The number of hydrogen-bond acceptors (Lipinski definition) is 4. The average Bonchev–Trinajstić information content (AvgIpc) is 2.67. The number of guanidine groups is 1. The minimum Gasteiger partial charge on any atom is -0.495 e. The van der Waals surface area contributed by atoms with Gasteiger partial charge in [-0.1, -0.05) is 35.9 Å². The van der Waals surface area contributed by atoms with Gasteiger partial charge in [0.2, 0.25) is 0 Å². The summed E-state index contributed by atoms with van der Waals surface area (Å²) in [7, 11) is 1.58. The van der Waals surface area contributed by atoms with Crippen LogP contribution >= 0.6 is 11.6 Å². The van der Waals surface area contributed by atoms with Gasteiger partial charge in [-0.25, -0.2) is 4.99 Å². The molecule has 1 fully saturated rings. The Morgan fingerprint density at radius 2 is 1.90 bits per heavy atom. The van der Waals surface area contributed by atoms with Crippen molar-refractivity contribution in [1.29, 1.82) is 0 Å². The Morgan fingerprint density at radius 3 is 2.55 bits per heavy atom. The number of anilines is 1. The third-order valence-corrected chi connectivity index (χ3v) is 5.15. The molecule has 2 atom stereocenters. The number of aliphatic imine (C=N–C) groups is 1. The SMILES string of the molecule is COc1ccc(NC(N)=NCc2ccccc2CN2CC(C)OC(C)C2)cc1Cl. The molecular weight excluding hydrogens is 388 g/mol. The fraction of sp³-hybridized carbons (Fsp3) is 0.409. The van der Waals surface area contributed by atoms with Crippen LogP contribution in [0.25, 0.3) is 0 Å². The van der Waals surface area contributed by atoms with Gasteiger partial charge in [-0.3, -0.25) is 4.90 Å². The zero-order valence-corrected chi connectivity index (χ0v) is 17.9. The highest BCUT2D eigenvalue weighted by molar-refractivity contribution is 6.32. The lowest BCUT2D eigenvalue weighted by Crippen LogP contribution is -2.44. The van der Waals surface area contributed by atoms with E-state index >= 15 is 0 Å². The standard InChI is InChI=1S/C22H29ClN4O2/c1-15-12-27(13-16(2)29-15)14-18-7-5-4-6-17(18)11-25-22(24)26-19-8-9-21(28-3)20(23)10-19/h4-10,15-16H,11-14H2,1-3H3,(H3,24,25,26). The Balaban J connectivity index is 1.64. The van der Waals surface area contributed by atoms with Crippen LogP contribution in [0.2, 0.25) is 5.02 Å². The summed E-state index contributed by atoms with van der Waals surface area (Å²) in [5.74, 6) is 0.961. The first-order chi connectivity index (χ1) is 13.9.